The zero-order valence-electron chi connectivity index (χ0n) is 5.19. The molecule has 1 saturated carbocycles. The van der Waals surface area contributed by atoms with Crippen molar-refractivity contribution in [2.45, 2.75) is 19.3 Å². The maximum atomic E-state index is 5.51. The summed E-state index contributed by atoms with van der Waals surface area (Å²) in [6.07, 6.45) is 5.72. The molecule has 0 saturated heterocycles. The van der Waals surface area contributed by atoms with Crippen molar-refractivity contribution < 1.29 is 0 Å². The molecule has 0 aromatic rings. The summed E-state index contributed by atoms with van der Waals surface area (Å²) >= 11 is 0. The average Bonchev–Trinajstić information content (AvgIpc) is 2.50. The Morgan fingerprint density at radius 1 is 1.62 bits per heavy atom. The lowest BCUT2D eigenvalue weighted by atomic mass is 10.0. The Morgan fingerprint density at radius 2 is 2.25 bits per heavy atom. The molecule has 0 aromatic heterocycles. The van der Waals surface area contributed by atoms with Crippen molar-refractivity contribution in [3.8, 4) is 0 Å². The van der Waals surface area contributed by atoms with E-state index >= 15 is 0 Å². The van der Waals surface area contributed by atoms with Gasteiger partial charge in [0.2, 0.25) is 0 Å². The minimum Gasteiger partial charge on any atom is -0.330 e. The summed E-state index contributed by atoms with van der Waals surface area (Å²) in [6, 6.07) is 0. The van der Waals surface area contributed by atoms with E-state index in [-0.39, 0.29) is 0 Å². The topological polar surface area (TPSA) is 26.0 Å². The monoisotopic (exact) mass is 111 g/mol. The number of hydrogen-bond acceptors (Lipinski definition) is 1. The van der Waals surface area contributed by atoms with Crippen LogP contribution in [0.5, 0.6) is 0 Å². The normalized spacial score (nSPS) is 22.6. The summed E-state index contributed by atoms with van der Waals surface area (Å²) in [5.74, 6) is 0. The van der Waals surface area contributed by atoms with Crippen molar-refractivity contribution in [1.29, 1.82) is 0 Å². The second-order valence-electron chi connectivity index (χ2n) is 2.70. The predicted octanol–water partition coefficient (Wildman–Crippen LogP) is 1.30. The molecule has 0 amide bonds. The maximum Gasteiger partial charge on any atom is -0.00176 e. The summed E-state index contributed by atoms with van der Waals surface area (Å²) in [5.41, 5.74) is 6.01. The van der Waals surface area contributed by atoms with E-state index in [1.807, 2.05) is 6.08 Å². The number of nitrogens with two attached hydrogens (primary N) is 1. The predicted molar refractivity (Wildman–Crippen MR) is 35.5 cm³/mol. The number of allylic oxidation sites excluding steroid dienone is 1. The molecule has 0 heterocycles. The fourth-order valence-electron chi connectivity index (χ4n) is 0.975. The van der Waals surface area contributed by atoms with Crippen molar-refractivity contribution in [2.75, 3.05) is 6.54 Å². The Labute approximate surface area is 50.6 Å². The van der Waals surface area contributed by atoms with Crippen molar-refractivity contribution >= 4 is 0 Å². The van der Waals surface area contributed by atoms with Crippen molar-refractivity contribution in [3.05, 3.63) is 12.7 Å². The van der Waals surface area contributed by atoms with E-state index in [1.165, 1.54) is 12.8 Å². The smallest absolute Gasteiger partial charge is 0.00176 e. The van der Waals surface area contributed by atoms with Gasteiger partial charge in [-0.05, 0) is 31.2 Å². The van der Waals surface area contributed by atoms with E-state index < -0.39 is 0 Å². The third kappa shape index (κ3) is 0.920. The third-order valence-corrected chi connectivity index (χ3v) is 1.97. The Morgan fingerprint density at radius 3 is 2.38 bits per heavy atom. The van der Waals surface area contributed by atoms with E-state index in [0.29, 0.717) is 5.41 Å². The molecule has 1 rings (SSSR count). The molecule has 0 atom stereocenters. The molecule has 0 bridgehead atoms. The van der Waals surface area contributed by atoms with Crippen molar-refractivity contribution in [3.63, 3.8) is 0 Å². The zero-order chi connectivity index (χ0) is 6.04. The molecule has 1 nitrogen and oxygen atoms in total. The maximum absolute atomic E-state index is 5.51. The molecule has 1 aliphatic rings. The third-order valence-electron chi connectivity index (χ3n) is 1.97. The molecular formula is C7H13N. The van der Waals surface area contributed by atoms with E-state index in [1.54, 1.807) is 0 Å². The molecule has 2 N–H and O–H groups in total. The lowest BCUT2D eigenvalue weighted by Gasteiger charge is -2.05. The van der Waals surface area contributed by atoms with Crippen LogP contribution in [-0.4, -0.2) is 6.54 Å². The molecule has 0 spiro atoms. The highest BCUT2D eigenvalue weighted by atomic mass is 14.6. The fourth-order valence-corrected chi connectivity index (χ4v) is 0.975. The highest BCUT2D eigenvalue weighted by Gasteiger charge is 2.39. The van der Waals surface area contributed by atoms with Crippen LogP contribution in [0.3, 0.4) is 0 Å². The highest BCUT2D eigenvalue weighted by molar-refractivity contribution is 4.98. The van der Waals surface area contributed by atoms with Gasteiger partial charge in [0, 0.05) is 0 Å². The van der Waals surface area contributed by atoms with Crippen LogP contribution in [0.4, 0.5) is 0 Å². The molecule has 1 aliphatic carbocycles. The summed E-state index contributed by atoms with van der Waals surface area (Å²) in [4.78, 5) is 0. The van der Waals surface area contributed by atoms with Gasteiger partial charge in [-0.3, -0.25) is 0 Å². The van der Waals surface area contributed by atoms with Crippen molar-refractivity contribution in [1.82, 2.24) is 0 Å². The zero-order valence-corrected chi connectivity index (χ0v) is 5.19. The van der Waals surface area contributed by atoms with Crippen LogP contribution in [0.1, 0.15) is 19.3 Å². The first-order valence-electron chi connectivity index (χ1n) is 3.14. The van der Waals surface area contributed by atoms with Crippen LogP contribution in [0.2, 0.25) is 0 Å². The molecule has 0 aromatic carbocycles. The van der Waals surface area contributed by atoms with Crippen LogP contribution >= 0.6 is 0 Å². The molecule has 0 unspecified atom stereocenters. The van der Waals surface area contributed by atoms with Crippen LogP contribution in [0.25, 0.3) is 0 Å². The van der Waals surface area contributed by atoms with E-state index in [2.05, 4.69) is 6.58 Å². The molecule has 1 fully saturated rings. The van der Waals surface area contributed by atoms with Gasteiger partial charge in [0.15, 0.2) is 0 Å². The summed E-state index contributed by atoms with van der Waals surface area (Å²) in [6.45, 7) is 4.52. The minimum atomic E-state index is 0.502. The van der Waals surface area contributed by atoms with Gasteiger partial charge in [-0.2, -0.15) is 0 Å². The summed E-state index contributed by atoms with van der Waals surface area (Å²) in [5, 5.41) is 0. The largest absolute Gasteiger partial charge is 0.330 e. The molecule has 0 radical (unpaired) electrons. The SMILES string of the molecule is C=CCC1(CN)CC1. The quantitative estimate of drug-likeness (QED) is 0.546. The lowest BCUT2D eigenvalue weighted by molar-refractivity contribution is 0.533. The number of rotatable bonds is 3. The average molecular weight is 111 g/mol. The second kappa shape index (κ2) is 1.90. The minimum absolute atomic E-state index is 0.502. The molecular weight excluding hydrogens is 98.1 g/mol. The molecule has 46 valence electrons. The Balaban J connectivity index is 2.29. The Hall–Kier alpha value is -0.300. The van der Waals surface area contributed by atoms with Gasteiger partial charge in [-0.1, -0.05) is 6.08 Å². The molecule has 1 heteroatoms. The second-order valence-corrected chi connectivity index (χ2v) is 2.70. The van der Waals surface area contributed by atoms with Crippen LogP contribution in [-0.2, 0) is 0 Å². The number of hydrogen-bond donors (Lipinski definition) is 1. The van der Waals surface area contributed by atoms with Crippen molar-refractivity contribution in [2.24, 2.45) is 11.1 Å². The van der Waals surface area contributed by atoms with Crippen LogP contribution < -0.4 is 5.73 Å². The Kier molecular flexibility index (Phi) is 1.39. The summed E-state index contributed by atoms with van der Waals surface area (Å²) < 4.78 is 0. The fraction of sp³-hybridized carbons (Fsp3) is 0.714. The van der Waals surface area contributed by atoms with Crippen LogP contribution in [0, 0.1) is 5.41 Å². The van der Waals surface area contributed by atoms with Gasteiger partial charge in [-0.15, -0.1) is 6.58 Å². The highest BCUT2D eigenvalue weighted by Crippen LogP contribution is 2.47. The van der Waals surface area contributed by atoms with Gasteiger partial charge in [0.1, 0.15) is 0 Å². The first kappa shape index (κ1) is 5.83. The van der Waals surface area contributed by atoms with E-state index in [9.17, 15) is 0 Å². The van der Waals surface area contributed by atoms with Gasteiger partial charge >= 0.3 is 0 Å². The van der Waals surface area contributed by atoms with E-state index in [0.717, 1.165) is 13.0 Å². The first-order chi connectivity index (χ1) is 3.83. The standard InChI is InChI=1S/C7H13N/c1-2-3-7(6-8)4-5-7/h2H,1,3-6,8H2. The Bertz CT molecular complexity index is 92.6. The van der Waals surface area contributed by atoms with Gasteiger partial charge in [0.25, 0.3) is 0 Å². The molecule has 0 aliphatic heterocycles. The molecule has 8 heavy (non-hydrogen) atoms. The summed E-state index contributed by atoms with van der Waals surface area (Å²) in [7, 11) is 0. The van der Waals surface area contributed by atoms with Crippen LogP contribution in [0.15, 0.2) is 12.7 Å². The first-order valence-corrected chi connectivity index (χ1v) is 3.14. The van der Waals surface area contributed by atoms with Gasteiger partial charge < -0.3 is 5.73 Å². The van der Waals surface area contributed by atoms with Gasteiger partial charge in [-0.25, -0.2) is 0 Å². The van der Waals surface area contributed by atoms with E-state index in [4.69, 9.17) is 5.73 Å². The van der Waals surface area contributed by atoms with Gasteiger partial charge in [0.05, 0.1) is 0 Å². The lowest BCUT2D eigenvalue weighted by Crippen LogP contribution is -2.13.